The average molecular weight is 168 g/mol. The third kappa shape index (κ3) is 3.73. The molecule has 0 heterocycles. The maximum Gasteiger partial charge on any atom is 0.0868 e. The van der Waals surface area contributed by atoms with Crippen molar-refractivity contribution in [3.63, 3.8) is 0 Å². The zero-order chi connectivity index (χ0) is 9.40. The van der Waals surface area contributed by atoms with Gasteiger partial charge >= 0.3 is 0 Å². The Bertz CT molecular complexity index is 133. The van der Waals surface area contributed by atoms with Crippen LogP contribution < -0.4 is 0 Å². The number of rotatable bonds is 6. The molecule has 0 aliphatic rings. The highest BCUT2D eigenvalue weighted by Gasteiger charge is 2.12. The zero-order valence-corrected chi connectivity index (χ0v) is 8.51. The number of hydrogen-bond acceptors (Lipinski definition) is 2. The smallest absolute Gasteiger partial charge is 0.0868 e. The molecule has 0 aromatic heterocycles. The monoisotopic (exact) mass is 168 g/mol. The number of hydrogen-bond donors (Lipinski definition) is 0. The highest BCUT2D eigenvalue weighted by atomic mass is 15.1. The lowest BCUT2D eigenvalue weighted by molar-refractivity contribution is 0.209. The first-order valence-corrected chi connectivity index (χ1v) is 4.91. The molecule has 0 unspecified atom stereocenters. The minimum Gasteiger partial charge on any atom is -0.288 e. The second-order valence-corrected chi connectivity index (χ2v) is 3.10. The van der Waals surface area contributed by atoms with Gasteiger partial charge in [-0.3, -0.25) is 4.90 Å². The van der Waals surface area contributed by atoms with Crippen molar-refractivity contribution in [2.45, 2.75) is 46.1 Å². The summed E-state index contributed by atoms with van der Waals surface area (Å²) in [6.07, 6.45) is 3.44. The SMILES string of the molecule is CCCN(CC#N)C(CC)CC. The molecule has 2 nitrogen and oxygen atoms in total. The summed E-state index contributed by atoms with van der Waals surface area (Å²) in [5.74, 6) is 0. The van der Waals surface area contributed by atoms with Crippen LogP contribution in [0.5, 0.6) is 0 Å². The van der Waals surface area contributed by atoms with Gasteiger partial charge in [0, 0.05) is 6.04 Å². The highest BCUT2D eigenvalue weighted by molar-refractivity contribution is 4.80. The van der Waals surface area contributed by atoms with E-state index in [1.165, 1.54) is 0 Å². The molecule has 0 radical (unpaired) electrons. The zero-order valence-electron chi connectivity index (χ0n) is 8.51. The van der Waals surface area contributed by atoms with Gasteiger partial charge in [-0.1, -0.05) is 20.8 Å². The molecular weight excluding hydrogens is 148 g/mol. The Labute approximate surface area is 76.2 Å². The fraction of sp³-hybridized carbons (Fsp3) is 0.900. The van der Waals surface area contributed by atoms with Crippen molar-refractivity contribution < 1.29 is 0 Å². The first kappa shape index (κ1) is 11.4. The Morgan fingerprint density at radius 1 is 1.25 bits per heavy atom. The van der Waals surface area contributed by atoms with E-state index < -0.39 is 0 Å². The third-order valence-electron chi connectivity index (χ3n) is 2.24. The van der Waals surface area contributed by atoms with Gasteiger partial charge in [0.2, 0.25) is 0 Å². The summed E-state index contributed by atoms with van der Waals surface area (Å²) in [5.41, 5.74) is 0. The fourth-order valence-electron chi connectivity index (χ4n) is 1.57. The molecule has 12 heavy (non-hydrogen) atoms. The largest absolute Gasteiger partial charge is 0.288 e. The molecule has 0 N–H and O–H groups in total. The van der Waals surface area contributed by atoms with Crippen LogP contribution in [0, 0.1) is 11.3 Å². The molecule has 70 valence electrons. The third-order valence-corrected chi connectivity index (χ3v) is 2.24. The van der Waals surface area contributed by atoms with E-state index in [2.05, 4.69) is 31.7 Å². The van der Waals surface area contributed by atoms with Crippen LogP contribution in [-0.4, -0.2) is 24.0 Å². The van der Waals surface area contributed by atoms with E-state index in [0.717, 1.165) is 25.8 Å². The lowest BCUT2D eigenvalue weighted by atomic mass is 10.1. The number of nitriles is 1. The number of nitrogens with zero attached hydrogens (tertiary/aromatic N) is 2. The summed E-state index contributed by atoms with van der Waals surface area (Å²) >= 11 is 0. The Morgan fingerprint density at radius 2 is 1.83 bits per heavy atom. The second-order valence-electron chi connectivity index (χ2n) is 3.10. The molecular formula is C10H20N2. The predicted octanol–water partition coefficient (Wildman–Crippen LogP) is 2.41. The van der Waals surface area contributed by atoms with Crippen LogP contribution in [0.1, 0.15) is 40.0 Å². The van der Waals surface area contributed by atoms with Crippen molar-refractivity contribution in [1.29, 1.82) is 5.26 Å². The molecule has 0 aromatic carbocycles. The van der Waals surface area contributed by atoms with Crippen LogP contribution >= 0.6 is 0 Å². The van der Waals surface area contributed by atoms with E-state index >= 15 is 0 Å². The molecule has 0 bridgehead atoms. The molecule has 0 aromatic rings. The summed E-state index contributed by atoms with van der Waals surface area (Å²) in [5, 5.41) is 8.61. The maximum absolute atomic E-state index is 8.61. The minimum absolute atomic E-state index is 0.584. The minimum atomic E-state index is 0.584. The van der Waals surface area contributed by atoms with Crippen LogP contribution in [0.2, 0.25) is 0 Å². The van der Waals surface area contributed by atoms with Crippen molar-refractivity contribution >= 4 is 0 Å². The quantitative estimate of drug-likeness (QED) is 0.569. The van der Waals surface area contributed by atoms with Gasteiger partial charge in [-0.15, -0.1) is 0 Å². The summed E-state index contributed by atoms with van der Waals surface area (Å²) in [6.45, 7) is 8.18. The predicted molar refractivity (Wildman–Crippen MR) is 51.8 cm³/mol. The van der Waals surface area contributed by atoms with Gasteiger partial charge < -0.3 is 0 Å². The normalized spacial score (nSPS) is 10.7. The molecule has 0 spiro atoms. The molecule has 2 heteroatoms. The van der Waals surface area contributed by atoms with Crippen molar-refractivity contribution in [1.82, 2.24) is 4.90 Å². The second kappa shape index (κ2) is 7.12. The Morgan fingerprint density at radius 3 is 2.17 bits per heavy atom. The maximum atomic E-state index is 8.61. The molecule has 0 saturated heterocycles. The van der Waals surface area contributed by atoms with Crippen LogP contribution in [0.15, 0.2) is 0 Å². The Kier molecular flexibility index (Phi) is 6.79. The van der Waals surface area contributed by atoms with Gasteiger partial charge in [0.25, 0.3) is 0 Å². The van der Waals surface area contributed by atoms with E-state index in [1.807, 2.05) is 0 Å². The summed E-state index contributed by atoms with van der Waals surface area (Å²) in [6, 6.07) is 2.83. The Hall–Kier alpha value is -0.550. The van der Waals surface area contributed by atoms with Crippen molar-refractivity contribution in [3.05, 3.63) is 0 Å². The molecule has 0 aliphatic heterocycles. The standard InChI is InChI=1S/C10H20N2/c1-4-8-12(9-7-11)10(5-2)6-3/h10H,4-6,8-9H2,1-3H3. The molecule has 0 amide bonds. The Balaban J connectivity index is 3.97. The lowest BCUT2D eigenvalue weighted by Crippen LogP contribution is -2.35. The van der Waals surface area contributed by atoms with E-state index in [0.29, 0.717) is 12.6 Å². The summed E-state index contributed by atoms with van der Waals surface area (Å²) in [4.78, 5) is 2.28. The van der Waals surface area contributed by atoms with Gasteiger partial charge in [0.1, 0.15) is 0 Å². The molecule has 0 saturated carbocycles. The van der Waals surface area contributed by atoms with E-state index in [1.54, 1.807) is 0 Å². The molecule has 0 aliphatic carbocycles. The van der Waals surface area contributed by atoms with Crippen LogP contribution in [-0.2, 0) is 0 Å². The van der Waals surface area contributed by atoms with Gasteiger partial charge in [0.05, 0.1) is 12.6 Å². The lowest BCUT2D eigenvalue weighted by Gasteiger charge is -2.27. The van der Waals surface area contributed by atoms with E-state index in [9.17, 15) is 0 Å². The molecule has 0 atom stereocenters. The van der Waals surface area contributed by atoms with Crippen molar-refractivity contribution in [2.24, 2.45) is 0 Å². The molecule has 0 fully saturated rings. The topological polar surface area (TPSA) is 27.0 Å². The van der Waals surface area contributed by atoms with Crippen molar-refractivity contribution in [2.75, 3.05) is 13.1 Å². The van der Waals surface area contributed by atoms with E-state index in [4.69, 9.17) is 5.26 Å². The van der Waals surface area contributed by atoms with Crippen LogP contribution in [0.4, 0.5) is 0 Å². The highest BCUT2D eigenvalue weighted by Crippen LogP contribution is 2.08. The summed E-state index contributed by atoms with van der Waals surface area (Å²) < 4.78 is 0. The van der Waals surface area contributed by atoms with E-state index in [-0.39, 0.29) is 0 Å². The van der Waals surface area contributed by atoms with Crippen LogP contribution in [0.25, 0.3) is 0 Å². The first-order valence-electron chi connectivity index (χ1n) is 4.91. The van der Waals surface area contributed by atoms with Gasteiger partial charge in [-0.2, -0.15) is 5.26 Å². The molecule has 0 rings (SSSR count). The fourth-order valence-corrected chi connectivity index (χ4v) is 1.57. The van der Waals surface area contributed by atoms with Gasteiger partial charge in [-0.25, -0.2) is 0 Å². The first-order chi connectivity index (χ1) is 5.79. The van der Waals surface area contributed by atoms with Crippen molar-refractivity contribution in [3.8, 4) is 6.07 Å². The van der Waals surface area contributed by atoms with Gasteiger partial charge in [0.15, 0.2) is 0 Å². The van der Waals surface area contributed by atoms with Crippen LogP contribution in [0.3, 0.4) is 0 Å². The summed E-state index contributed by atoms with van der Waals surface area (Å²) in [7, 11) is 0. The average Bonchev–Trinajstić information content (AvgIpc) is 2.07. The van der Waals surface area contributed by atoms with Gasteiger partial charge in [-0.05, 0) is 25.8 Å².